The number of rotatable bonds is 5. The Hall–Kier alpha value is -2.55. The molecule has 158 valence electrons. The molecule has 1 heterocycles. The molecule has 29 heavy (non-hydrogen) atoms. The van der Waals surface area contributed by atoms with Crippen molar-refractivity contribution in [3.05, 3.63) is 23.8 Å². The maximum atomic E-state index is 11.9. The molecule has 8 nitrogen and oxygen atoms in total. The van der Waals surface area contributed by atoms with Crippen LogP contribution in [0, 0.1) is 11.8 Å². The number of hydrogen-bond donors (Lipinski definition) is 3. The second kappa shape index (κ2) is 9.78. The third-order valence-electron chi connectivity index (χ3n) is 5.53. The quantitative estimate of drug-likeness (QED) is 0.383. The summed E-state index contributed by atoms with van der Waals surface area (Å²) in [6.07, 6.45) is 3.52. The smallest absolute Gasteiger partial charge is 0.279 e. The zero-order chi connectivity index (χ0) is 20.8. The fraction of sp³-hybridized carbons (Fsp3) is 0.550. The van der Waals surface area contributed by atoms with Gasteiger partial charge >= 0.3 is 0 Å². The van der Waals surface area contributed by atoms with Crippen LogP contribution in [0.2, 0.25) is 0 Å². The van der Waals surface area contributed by atoms with Gasteiger partial charge in [0.05, 0.1) is 5.71 Å². The number of hydrazine groups is 1. The SMILES string of the molecule is C/C(=N/OCC(=O)NNC(=S)N[C@@H]1CCC[C@@H](C)[C@H]1C)c1ccc2c(c1)OCO2. The second-order valence-electron chi connectivity index (χ2n) is 7.54. The normalized spacial score (nSPS) is 23.3. The van der Waals surface area contributed by atoms with E-state index in [1.54, 1.807) is 6.92 Å². The van der Waals surface area contributed by atoms with Crippen molar-refractivity contribution in [1.82, 2.24) is 16.2 Å². The molecule has 0 aromatic heterocycles. The van der Waals surface area contributed by atoms with Crippen LogP contribution in [-0.2, 0) is 9.63 Å². The fourth-order valence-corrected chi connectivity index (χ4v) is 3.72. The minimum atomic E-state index is -0.374. The van der Waals surface area contributed by atoms with Crippen LogP contribution in [-0.4, -0.2) is 36.2 Å². The Morgan fingerprint density at radius 1 is 1.24 bits per heavy atom. The highest BCUT2D eigenvalue weighted by Crippen LogP contribution is 2.32. The van der Waals surface area contributed by atoms with Gasteiger partial charge in [-0.15, -0.1) is 0 Å². The first-order chi connectivity index (χ1) is 13.9. The fourth-order valence-electron chi connectivity index (χ4n) is 3.51. The summed E-state index contributed by atoms with van der Waals surface area (Å²) in [5.74, 6) is 2.20. The van der Waals surface area contributed by atoms with Crippen LogP contribution in [0.15, 0.2) is 23.4 Å². The van der Waals surface area contributed by atoms with Gasteiger partial charge in [-0.1, -0.05) is 31.8 Å². The molecule has 1 saturated carbocycles. The predicted octanol–water partition coefficient (Wildman–Crippen LogP) is 2.48. The molecule has 0 unspecified atom stereocenters. The molecule has 1 aromatic rings. The molecule has 3 N–H and O–H groups in total. The van der Waals surface area contributed by atoms with E-state index in [1.165, 1.54) is 12.8 Å². The van der Waals surface area contributed by atoms with Crippen molar-refractivity contribution >= 4 is 28.9 Å². The molecule has 2 aliphatic rings. The van der Waals surface area contributed by atoms with Crippen molar-refractivity contribution < 1.29 is 19.1 Å². The van der Waals surface area contributed by atoms with Crippen molar-refractivity contribution in [1.29, 1.82) is 0 Å². The van der Waals surface area contributed by atoms with E-state index < -0.39 is 0 Å². The number of oxime groups is 1. The number of carbonyl (C=O) groups is 1. The summed E-state index contributed by atoms with van der Waals surface area (Å²) in [5.41, 5.74) is 6.70. The van der Waals surface area contributed by atoms with E-state index >= 15 is 0 Å². The lowest BCUT2D eigenvalue weighted by Gasteiger charge is -2.35. The molecule has 1 aliphatic carbocycles. The average Bonchev–Trinajstić information content (AvgIpc) is 3.17. The number of benzene rings is 1. The standard InChI is InChI=1S/C20H28N4O4S/c1-12-5-4-6-16(13(12)2)21-20(29)23-22-19(25)10-28-24-14(3)15-7-8-17-18(9-15)27-11-26-17/h7-9,12-13,16H,4-6,10-11H2,1-3H3,(H,22,25)(H2,21,23,29)/b24-14-/t12-,13-,16-/m1/s1. The number of thiocarbonyl (C=S) groups is 1. The molecular formula is C20H28N4O4S. The van der Waals surface area contributed by atoms with Gasteiger partial charge in [0.25, 0.3) is 5.91 Å². The van der Waals surface area contributed by atoms with Crippen LogP contribution < -0.4 is 25.6 Å². The number of ether oxygens (including phenoxy) is 2. The molecule has 0 bridgehead atoms. The van der Waals surface area contributed by atoms with E-state index in [0.29, 0.717) is 40.2 Å². The molecule has 1 aliphatic heterocycles. The molecule has 9 heteroatoms. The summed E-state index contributed by atoms with van der Waals surface area (Å²) in [6.45, 7) is 6.28. The highest BCUT2D eigenvalue weighted by atomic mass is 32.1. The van der Waals surface area contributed by atoms with E-state index in [0.717, 1.165) is 12.0 Å². The predicted molar refractivity (Wildman–Crippen MR) is 114 cm³/mol. The highest BCUT2D eigenvalue weighted by molar-refractivity contribution is 7.80. The zero-order valence-corrected chi connectivity index (χ0v) is 17.8. The number of nitrogens with one attached hydrogen (secondary N) is 3. The second-order valence-corrected chi connectivity index (χ2v) is 7.95. The third kappa shape index (κ3) is 5.72. The third-order valence-corrected chi connectivity index (χ3v) is 5.75. The Morgan fingerprint density at radius 3 is 2.86 bits per heavy atom. The number of fused-ring (bicyclic) bond motifs is 1. The average molecular weight is 421 g/mol. The van der Waals surface area contributed by atoms with E-state index in [9.17, 15) is 4.79 Å². The summed E-state index contributed by atoms with van der Waals surface area (Å²) in [5, 5.41) is 7.67. The summed E-state index contributed by atoms with van der Waals surface area (Å²) in [7, 11) is 0. The van der Waals surface area contributed by atoms with Crippen LogP contribution in [0.5, 0.6) is 11.5 Å². The summed E-state index contributed by atoms with van der Waals surface area (Å²) in [6, 6.07) is 5.81. The maximum Gasteiger partial charge on any atom is 0.279 e. The molecule has 3 atom stereocenters. The first-order valence-electron chi connectivity index (χ1n) is 9.86. The van der Waals surface area contributed by atoms with E-state index in [1.807, 2.05) is 18.2 Å². The minimum absolute atomic E-state index is 0.216. The van der Waals surface area contributed by atoms with Gasteiger partial charge in [0, 0.05) is 11.6 Å². The van der Waals surface area contributed by atoms with Crippen LogP contribution in [0.1, 0.15) is 45.6 Å². The van der Waals surface area contributed by atoms with Crippen LogP contribution in [0.3, 0.4) is 0 Å². The van der Waals surface area contributed by atoms with Gasteiger partial charge in [0.15, 0.2) is 23.2 Å². The van der Waals surface area contributed by atoms with Crippen molar-refractivity contribution in [3.8, 4) is 11.5 Å². The van der Waals surface area contributed by atoms with Gasteiger partial charge in [-0.25, -0.2) is 0 Å². The molecule has 1 fully saturated rings. The first kappa shape index (κ1) is 21.2. The van der Waals surface area contributed by atoms with Gasteiger partial charge in [0.1, 0.15) is 0 Å². The lowest BCUT2D eigenvalue weighted by atomic mass is 9.78. The van der Waals surface area contributed by atoms with Gasteiger partial charge < -0.3 is 19.6 Å². The number of carbonyl (C=O) groups excluding carboxylic acids is 1. The number of nitrogens with zero attached hydrogens (tertiary/aromatic N) is 1. The summed E-state index contributed by atoms with van der Waals surface area (Å²) < 4.78 is 10.6. The van der Waals surface area contributed by atoms with Crippen LogP contribution in [0.25, 0.3) is 0 Å². The molecular weight excluding hydrogens is 392 g/mol. The maximum absolute atomic E-state index is 11.9. The number of amides is 1. The molecule has 0 saturated heterocycles. The van der Waals surface area contributed by atoms with E-state index in [4.69, 9.17) is 26.5 Å². The van der Waals surface area contributed by atoms with Gasteiger partial charge in [-0.2, -0.15) is 0 Å². The molecule has 0 spiro atoms. The van der Waals surface area contributed by atoms with Gasteiger partial charge in [0.2, 0.25) is 6.79 Å². The Balaban J connectivity index is 1.38. The van der Waals surface area contributed by atoms with Crippen molar-refractivity contribution in [3.63, 3.8) is 0 Å². The van der Waals surface area contributed by atoms with Crippen molar-refractivity contribution in [2.75, 3.05) is 13.4 Å². The Bertz CT molecular complexity index is 786. The summed E-state index contributed by atoms with van der Waals surface area (Å²) >= 11 is 5.27. The van der Waals surface area contributed by atoms with Gasteiger partial charge in [-0.3, -0.25) is 15.6 Å². The summed E-state index contributed by atoms with van der Waals surface area (Å²) in [4.78, 5) is 17.1. The molecule has 0 radical (unpaired) electrons. The molecule has 1 aromatic carbocycles. The van der Waals surface area contributed by atoms with E-state index in [2.05, 4.69) is 35.2 Å². The molecule has 3 rings (SSSR count). The zero-order valence-electron chi connectivity index (χ0n) is 17.0. The van der Waals surface area contributed by atoms with Crippen LogP contribution >= 0.6 is 12.2 Å². The van der Waals surface area contributed by atoms with Crippen molar-refractivity contribution in [2.45, 2.75) is 46.1 Å². The Kier molecular flexibility index (Phi) is 7.13. The lowest BCUT2D eigenvalue weighted by molar-refractivity contribution is -0.126. The molecule has 1 amide bonds. The Morgan fingerprint density at radius 2 is 2.03 bits per heavy atom. The minimum Gasteiger partial charge on any atom is -0.454 e. The first-order valence-corrected chi connectivity index (χ1v) is 10.3. The topological polar surface area (TPSA) is 93.2 Å². The monoisotopic (exact) mass is 420 g/mol. The Labute approximate surface area is 176 Å². The van der Waals surface area contributed by atoms with Gasteiger partial charge in [-0.05, 0) is 55.6 Å². The van der Waals surface area contributed by atoms with E-state index in [-0.39, 0.29) is 19.3 Å². The highest BCUT2D eigenvalue weighted by Gasteiger charge is 2.27. The van der Waals surface area contributed by atoms with Crippen LogP contribution in [0.4, 0.5) is 0 Å². The van der Waals surface area contributed by atoms with Crippen molar-refractivity contribution in [2.24, 2.45) is 17.0 Å². The lowest BCUT2D eigenvalue weighted by Crippen LogP contribution is -2.53. The number of hydrogen-bond acceptors (Lipinski definition) is 6. The largest absolute Gasteiger partial charge is 0.454 e.